The number of aliphatic carboxylic acids is 1. The Morgan fingerprint density at radius 1 is 1.17 bits per heavy atom. The predicted molar refractivity (Wildman–Crippen MR) is 76.8 cm³/mol. The third-order valence-corrected chi connectivity index (χ3v) is 6.35. The first kappa shape index (κ1) is 14.1. The van der Waals surface area contributed by atoms with Gasteiger partial charge in [-0.15, -0.1) is 0 Å². The van der Waals surface area contributed by atoms with Crippen LogP contribution in [0.1, 0.15) is 18.4 Å². The molecule has 1 aromatic rings. The number of carboxylic acids is 1. The molecular formula is C14H15Br2O2-. The lowest BCUT2D eigenvalue weighted by Gasteiger charge is -2.37. The highest BCUT2D eigenvalue weighted by molar-refractivity contribution is 9.12. The lowest BCUT2D eigenvalue weighted by molar-refractivity contribution is -0.314. The van der Waals surface area contributed by atoms with Crippen LogP contribution in [-0.2, 0) is 11.2 Å². The molecule has 0 heterocycles. The van der Waals surface area contributed by atoms with Gasteiger partial charge in [-0.05, 0) is 30.7 Å². The maximum atomic E-state index is 11.3. The van der Waals surface area contributed by atoms with E-state index in [1.54, 1.807) is 0 Å². The number of hydrogen-bond acceptors (Lipinski definition) is 2. The number of benzene rings is 1. The summed E-state index contributed by atoms with van der Waals surface area (Å²) < 4.78 is 0. The van der Waals surface area contributed by atoms with E-state index in [1.807, 2.05) is 18.2 Å². The highest BCUT2D eigenvalue weighted by Crippen LogP contribution is 2.39. The van der Waals surface area contributed by atoms with Crippen molar-refractivity contribution < 1.29 is 9.90 Å². The normalized spacial score (nSPS) is 32.1. The summed E-state index contributed by atoms with van der Waals surface area (Å²) in [6, 6.07) is 10.1. The molecule has 0 bridgehead atoms. The Hall–Kier alpha value is -0.350. The Morgan fingerprint density at radius 3 is 2.39 bits per heavy atom. The molecule has 1 aliphatic carbocycles. The number of carboxylic acid groups (broad SMARTS) is 1. The van der Waals surface area contributed by atoms with Crippen molar-refractivity contribution in [1.29, 1.82) is 0 Å². The van der Waals surface area contributed by atoms with Gasteiger partial charge in [-0.1, -0.05) is 62.2 Å². The van der Waals surface area contributed by atoms with Crippen LogP contribution in [0.25, 0.3) is 0 Å². The summed E-state index contributed by atoms with van der Waals surface area (Å²) in [5.41, 5.74) is 1.20. The SMILES string of the molecule is O=C([O-])[C@@H]1C[C@H](Br)[C@H](Br)C[C@@H]1Cc1ccccc1. The Balaban J connectivity index is 2.11. The smallest absolute Gasteiger partial charge is 0.0448 e. The minimum absolute atomic E-state index is 0.149. The minimum atomic E-state index is -0.917. The molecule has 4 atom stereocenters. The minimum Gasteiger partial charge on any atom is -0.550 e. The largest absolute Gasteiger partial charge is 0.550 e. The van der Waals surface area contributed by atoms with Crippen molar-refractivity contribution in [2.45, 2.75) is 28.9 Å². The molecule has 0 N–H and O–H groups in total. The van der Waals surface area contributed by atoms with Crippen molar-refractivity contribution >= 4 is 37.8 Å². The van der Waals surface area contributed by atoms with Crippen LogP contribution in [0.3, 0.4) is 0 Å². The maximum Gasteiger partial charge on any atom is 0.0448 e. The van der Waals surface area contributed by atoms with Gasteiger partial charge in [-0.3, -0.25) is 0 Å². The summed E-state index contributed by atoms with van der Waals surface area (Å²) in [5.74, 6) is -1.13. The fourth-order valence-electron chi connectivity index (χ4n) is 2.61. The quantitative estimate of drug-likeness (QED) is 0.762. The zero-order chi connectivity index (χ0) is 13.1. The van der Waals surface area contributed by atoms with E-state index in [-0.39, 0.29) is 16.7 Å². The fourth-order valence-corrected chi connectivity index (χ4v) is 3.93. The summed E-state index contributed by atoms with van der Waals surface area (Å²) in [5, 5.41) is 11.3. The van der Waals surface area contributed by atoms with Gasteiger partial charge >= 0.3 is 0 Å². The van der Waals surface area contributed by atoms with Gasteiger partial charge in [0.2, 0.25) is 0 Å². The molecule has 0 unspecified atom stereocenters. The van der Waals surface area contributed by atoms with Crippen molar-refractivity contribution in [3.63, 3.8) is 0 Å². The second-order valence-electron chi connectivity index (χ2n) is 4.88. The molecule has 2 rings (SSSR count). The molecule has 1 aliphatic rings. The summed E-state index contributed by atoms with van der Waals surface area (Å²) in [6.07, 6.45) is 2.31. The van der Waals surface area contributed by atoms with Crippen molar-refractivity contribution in [2.24, 2.45) is 11.8 Å². The van der Waals surface area contributed by atoms with Gasteiger partial charge in [0, 0.05) is 21.5 Å². The zero-order valence-electron chi connectivity index (χ0n) is 9.89. The van der Waals surface area contributed by atoms with E-state index in [0.717, 1.165) is 12.8 Å². The second-order valence-corrected chi connectivity index (χ2v) is 7.23. The van der Waals surface area contributed by atoms with E-state index in [1.165, 1.54) is 5.56 Å². The number of hydrogen-bond donors (Lipinski definition) is 0. The van der Waals surface area contributed by atoms with E-state index in [9.17, 15) is 9.90 Å². The molecule has 1 aromatic carbocycles. The first-order valence-electron chi connectivity index (χ1n) is 6.11. The topological polar surface area (TPSA) is 40.1 Å². The van der Waals surface area contributed by atoms with Crippen molar-refractivity contribution in [3.05, 3.63) is 35.9 Å². The average molecular weight is 375 g/mol. The van der Waals surface area contributed by atoms with E-state index in [2.05, 4.69) is 44.0 Å². The molecule has 2 nitrogen and oxygen atoms in total. The number of halogens is 2. The van der Waals surface area contributed by atoms with Crippen LogP contribution < -0.4 is 5.11 Å². The zero-order valence-corrected chi connectivity index (χ0v) is 13.1. The first-order chi connectivity index (χ1) is 8.58. The summed E-state index contributed by atoms with van der Waals surface area (Å²) in [7, 11) is 0. The third-order valence-electron chi connectivity index (χ3n) is 3.61. The van der Waals surface area contributed by atoms with Crippen LogP contribution in [0.5, 0.6) is 0 Å². The Kier molecular flexibility index (Phi) is 4.84. The molecule has 98 valence electrons. The van der Waals surface area contributed by atoms with Crippen molar-refractivity contribution in [3.8, 4) is 0 Å². The lowest BCUT2D eigenvalue weighted by Crippen LogP contribution is -2.43. The molecule has 0 radical (unpaired) electrons. The lowest BCUT2D eigenvalue weighted by atomic mass is 9.76. The van der Waals surface area contributed by atoms with Gasteiger partial charge in [0.1, 0.15) is 0 Å². The van der Waals surface area contributed by atoms with Crippen molar-refractivity contribution in [2.75, 3.05) is 0 Å². The Morgan fingerprint density at radius 2 is 1.78 bits per heavy atom. The molecule has 0 saturated heterocycles. The first-order valence-corrected chi connectivity index (χ1v) is 7.94. The molecule has 1 fully saturated rings. The van der Waals surface area contributed by atoms with Crippen LogP contribution in [0, 0.1) is 11.8 Å². The molecular weight excluding hydrogens is 360 g/mol. The number of carbonyl (C=O) groups is 1. The number of carbonyl (C=O) groups excluding carboxylic acids is 1. The van der Waals surface area contributed by atoms with Gasteiger partial charge in [-0.2, -0.15) is 0 Å². The Bertz CT molecular complexity index is 408. The molecule has 18 heavy (non-hydrogen) atoms. The standard InChI is InChI=1S/C14H16Br2O2/c15-12-7-10(6-9-4-2-1-3-5-9)11(14(17)18)8-13(12)16/h1-5,10-13H,6-8H2,(H,17,18)/p-1/t10-,11+,12+,13-/m0/s1. The second kappa shape index (κ2) is 6.20. The fraction of sp³-hybridized carbons (Fsp3) is 0.500. The van der Waals surface area contributed by atoms with Crippen LogP contribution >= 0.6 is 31.9 Å². The number of alkyl halides is 2. The van der Waals surface area contributed by atoms with Gasteiger partial charge < -0.3 is 9.90 Å². The molecule has 4 heteroatoms. The maximum absolute atomic E-state index is 11.3. The van der Waals surface area contributed by atoms with Crippen LogP contribution in [0.4, 0.5) is 0 Å². The van der Waals surface area contributed by atoms with E-state index < -0.39 is 5.97 Å². The summed E-state index contributed by atoms with van der Waals surface area (Å²) >= 11 is 7.16. The summed E-state index contributed by atoms with van der Waals surface area (Å²) in [4.78, 5) is 11.8. The highest BCUT2D eigenvalue weighted by atomic mass is 79.9. The highest BCUT2D eigenvalue weighted by Gasteiger charge is 2.35. The number of rotatable bonds is 3. The monoisotopic (exact) mass is 373 g/mol. The average Bonchev–Trinajstić information content (AvgIpc) is 2.34. The molecule has 0 amide bonds. The molecule has 0 spiro atoms. The van der Waals surface area contributed by atoms with E-state index in [0.29, 0.717) is 11.2 Å². The molecule has 0 aromatic heterocycles. The third kappa shape index (κ3) is 3.35. The van der Waals surface area contributed by atoms with Crippen LogP contribution in [0.2, 0.25) is 0 Å². The van der Waals surface area contributed by atoms with Gasteiger partial charge in [-0.25, -0.2) is 0 Å². The van der Waals surface area contributed by atoms with Gasteiger partial charge in [0.15, 0.2) is 0 Å². The Labute approximate surface area is 124 Å². The molecule has 1 saturated carbocycles. The van der Waals surface area contributed by atoms with Crippen molar-refractivity contribution in [1.82, 2.24) is 0 Å². The molecule has 0 aliphatic heterocycles. The van der Waals surface area contributed by atoms with E-state index >= 15 is 0 Å². The van der Waals surface area contributed by atoms with Crippen LogP contribution in [0.15, 0.2) is 30.3 Å². The van der Waals surface area contributed by atoms with E-state index in [4.69, 9.17) is 0 Å². The van der Waals surface area contributed by atoms with Gasteiger partial charge in [0.05, 0.1) is 0 Å². The van der Waals surface area contributed by atoms with Gasteiger partial charge in [0.25, 0.3) is 0 Å². The predicted octanol–water partition coefficient (Wildman–Crippen LogP) is 2.53. The summed E-state index contributed by atoms with van der Waals surface area (Å²) in [6.45, 7) is 0. The van der Waals surface area contributed by atoms with Crippen LogP contribution in [-0.4, -0.2) is 15.6 Å².